The van der Waals surface area contributed by atoms with Gasteiger partial charge in [0, 0.05) is 17.1 Å². The number of fused-ring (bicyclic) bond motifs is 1. The fourth-order valence-corrected chi connectivity index (χ4v) is 6.43. The Hall–Kier alpha value is -6.18. The molecule has 1 nitrogen and oxygen atoms in total. The minimum Gasteiger partial charge on any atom is -0.310 e. The van der Waals surface area contributed by atoms with E-state index in [4.69, 9.17) is 0 Å². The Bertz CT molecular complexity index is 2230. The smallest absolute Gasteiger partial charge is 0.0473 e. The van der Waals surface area contributed by atoms with Crippen LogP contribution in [0.2, 0.25) is 0 Å². The van der Waals surface area contributed by atoms with Crippen molar-refractivity contribution in [2.24, 2.45) is 0 Å². The van der Waals surface area contributed by atoms with Crippen molar-refractivity contribution >= 4 is 27.8 Å². The normalized spacial score (nSPS) is 11.0. The Balaban J connectivity index is 1.34. The van der Waals surface area contributed by atoms with E-state index in [0.29, 0.717) is 0 Å². The maximum Gasteiger partial charge on any atom is 0.0473 e. The second kappa shape index (κ2) is 12.7. The number of rotatable bonds is 7. The van der Waals surface area contributed by atoms with Crippen molar-refractivity contribution in [1.29, 1.82) is 0 Å². The van der Waals surface area contributed by atoms with E-state index in [0.717, 1.165) is 17.1 Å². The first-order chi connectivity index (χ1) is 23.3. The minimum atomic E-state index is 1.10. The Morgan fingerprint density at radius 3 is 1.17 bits per heavy atom. The first-order valence-electron chi connectivity index (χ1n) is 16.1. The van der Waals surface area contributed by atoms with E-state index in [9.17, 15) is 0 Å². The summed E-state index contributed by atoms with van der Waals surface area (Å²) in [5.74, 6) is 0. The summed E-state index contributed by atoms with van der Waals surface area (Å²) in [6.45, 7) is 0. The SMILES string of the molecule is c1ccc(-c2cccc(N(c3cccc(-c4ccc5ccccc5c4)c3)c3cc(-c4ccccc4)cc(-c4ccccc4)c3)c2)cc1. The molecule has 0 unspecified atom stereocenters. The largest absolute Gasteiger partial charge is 0.310 e. The van der Waals surface area contributed by atoms with E-state index in [1.807, 2.05) is 0 Å². The van der Waals surface area contributed by atoms with Crippen molar-refractivity contribution in [1.82, 2.24) is 0 Å². The Morgan fingerprint density at radius 2 is 0.617 bits per heavy atom. The van der Waals surface area contributed by atoms with E-state index >= 15 is 0 Å². The molecule has 0 N–H and O–H groups in total. The van der Waals surface area contributed by atoms with Crippen molar-refractivity contribution in [2.75, 3.05) is 4.90 Å². The fourth-order valence-electron chi connectivity index (χ4n) is 6.43. The van der Waals surface area contributed by atoms with E-state index in [1.165, 1.54) is 55.3 Å². The average molecular weight is 600 g/mol. The Morgan fingerprint density at radius 1 is 0.213 bits per heavy atom. The molecule has 47 heavy (non-hydrogen) atoms. The number of hydrogen-bond donors (Lipinski definition) is 0. The van der Waals surface area contributed by atoms with Crippen LogP contribution in [0, 0.1) is 0 Å². The molecule has 8 rings (SSSR count). The maximum atomic E-state index is 2.40. The third kappa shape index (κ3) is 5.95. The molecule has 0 aromatic heterocycles. The van der Waals surface area contributed by atoms with Crippen LogP contribution in [0.3, 0.4) is 0 Å². The van der Waals surface area contributed by atoms with Crippen LogP contribution in [0.1, 0.15) is 0 Å². The zero-order valence-corrected chi connectivity index (χ0v) is 26.0. The summed E-state index contributed by atoms with van der Waals surface area (Å²) in [6.07, 6.45) is 0. The molecule has 0 amide bonds. The molecule has 0 spiro atoms. The molecule has 222 valence electrons. The first kappa shape index (κ1) is 28.3. The van der Waals surface area contributed by atoms with Crippen LogP contribution in [-0.2, 0) is 0 Å². The maximum absolute atomic E-state index is 2.40. The first-order valence-corrected chi connectivity index (χ1v) is 16.1. The van der Waals surface area contributed by atoms with Crippen LogP contribution >= 0.6 is 0 Å². The lowest BCUT2D eigenvalue weighted by Crippen LogP contribution is -2.10. The second-order valence-corrected chi connectivity index (χ2v) is 11.9. The minimum absolute atomic E-state index is 1.10. The van der Waals surface area contributed by atoms with Gasteiger partial charge in [-0.2, -0.15) is 0 Å². The van der Waals surface area contributed by atoms with Gasteiger partial charge < -0.3 is 4.90 Å². The lowest BCUT2D eigenvalue weighted by molar-refractivity contribution is 1.28. The van der Waals surface area contributed by atoms with Gasteiger partial charge in [-0.1, -0.05) is 152 Å². The van der Waals surface area contributed by atoms with Crippen molar-refractivity contribution < 1.29 is 0 Å². The molecule has 0 atom stereocenters. The molecular weight excluding hydrogens is 567 g/mol. The van der Waals surface area contributed by atoms with Gasteiger partial charge in [0.15, 0.2) is 0 Å². The topological polar surface area (TPSA) is 3.24 Å². The van der Waals surface area contributed by atoms with Gasteiger partial charge in [-0.25, -0.2) is 0 Å². The highest BCUT2D eigenvalue weighted by atomic mass is 15.1. The van der Waals surface area contributed by atoms with Crippen LogP contribution in [-0.4, -0.2) is 0 Å². The summed E-state index contributed by atoms with van der Waals surface area (Å²) in [6, 6.07) is 72.0. The van der Waals surface area contributed by atoms with Crippen molar-refractivity contribution in [3.05, 3.63) is 200 Å². The third-order valence-electron chi connectivity index (χ3n) is 8.79. The zero-order chi connectivity index (χ0) is 31.4. The van der Waals surface area contributed by atoms with Crippen molar-refractivity contribution in [3.63, 3.8) is 0 Å². The Kier molecular flexibility index (Phi) is 7.63. The summed E-state index contributed by atoms with van der Waals surface area (Å²) in [5, 5.41) is 2.49. The third-order valence-corrected chi connectivity index (χ3v) is 8.79. The van der Waals surface area contributed by atoms with Gasteiger partial charge in [-0.15, -0.1) is 0 Å². The second-order valence-electron chi connectivity index (χ2n) is 11.9. The molecule has 0 aliphatic carbocycles. The van der Waals surface area contributed by atoms with Gasteiger partial charge in [0.05, 0.1) is 0 Å². The quantitative estimate of drug-likeness (QED) is 0.176. The molecule has 0 radical (unpaired) electrons. The van der Waals surface area contributed by atoms with Crippen LogP contribution in [0.5, 0.6) is 0 Å². The number of nitrogens with zero attached hydrogens (tertiary/aromatic N) is 1. The standard InChI is InChI=1S/C46H33N/c1-4-14-34(15-5-1)39-22-12-24-44(30-39)47(45-25-13-23-40(31-45)41-27-26-37-20-10-11-21-38(37)28-41)46-32-42(35-16-6-2-7-17-35)29-43(33-46)36-18-8-3-9-19-36/h1-33H. The highest BCUT2D eigenvalue weighted by Crippen LogP contribution is 2.42. The van der Waals surface area contributed by atoms with Gasteiger partial charge in [0.25, 0.3) is 0 Å². The predicted molar refractivity (Wildman–Crippen MR) is 200 cm³/mol. The summed E-state index contributed by atoms with van der Waals surface area (Å²) in [5.41, 5.74) is 12.8. The van der Waals surface area contributed by atoms with E-state index < -0.39 is 0 Å². The highest BCUT2D eigenvalue weighted by Gasteiger charge is 2.17. The molecule has 8 aromatic rings. The van der Waals surface area contributed by atoms with E-state index in [-0.39, 0.29) is 0 Å². The van der Waals surface area contributed by atoms with Gasteiger partial charge in [-0.05, 0) is 104 Å². The molecule has 0 bridgehead atoms. The van der Waals surface area contributed by atoms with Crippen LogP contribution < -0.4 is 4.90 Å². The number of anilines is 3. The summed E-state index contributed by atoms with van der Waals surface area (Å²) in [4.78, 5) is 2.40. The number of hydrogen-bond acceptors (Lipinski definition) is 1. The van der Waals surface area contributed by atoms with Gasteiger partial charge in [0.1, 0.15) is 0 Å². The lowest BCUT2D eigenvalue weighted by Gasteiger charge is -2.28. The average Bonchev–Trinajstić information content (AvgIpc) is 3.16. The fraction of sp³-hybridized carbons (Fsp3) is 0. The van der Waals surface area contributed by atoms with E-state index in [2.05, 4.69) is 205 Å². The molecule has 1 heteroatoms. The molecule has 0 heterocycles. The monoisotopic (exact) mass is 599 g/mol. The molecule has 8 aromatic carbocycles. The number of benzene rings is 8. The molecule has 0 fully saturated rings. The van der Waals surface area contributed by atoms with Gasteiger partial charge in [0.2, 0.25) is 0 Å². The lowest BCUT2D eigenvalue weighted by atomic mass is 9.96. The van der Waals surface area contributed by atoms with Crippen LogP contribution in [0.25, 0.3) is 55.3 Å². The molecule has 0 aliphatic rings. The van der Waals surface area contributed by atoms with Crippen molar-refractivity contribution in [3.8, 4) is 44.5 Å². The zero-order valence-electron chi connectivity index (χ0n) is 26.0. The molecule has 0 saturated heterocycles. The van der Waals surface area contributed by atoms with Crippen molar-refractivity contribution in [2.45, 2.75) is 0 Å². The molecule has 0 aliphatic heterocycles. The van der Waals surface area contributed by atoms with E-state index in [1.54, 1.807) is 0 Å². The predicted octanol–water partition coefficient (Wildman–Crippen LogP) is 13.0. The molecular formula is C46H33N. The van der Waals surface area contributed by atoms with Crippen LogP contribution in [0.4, 0.5) is 17.1 Å². The van der Waals surface area contributed by atoms with Gasteiger partial charge in [-0.3, -0.25) is 0 Å². The summed E-state index contributed by atoms with van der Waals surface area (Å²) >= 11 is 0. The Labute approximate surface area is 276 Å². The summed E-state index contributed by atoms with van der Waals surface area (Å²) in [7, 11) is 0. The summed E-state index contributed by atoms with van der Waals surface area (Å²) < 4.78 is 0. The van der Waals surface area contributed by atoms with Gasteiger partial charge >= 0.3 is 0 Å². The molecule has 0 saturated carbocycles. The highest BCUT2D eigenvalue weighted by molar-refractivity contribution is 5.90. The van der Waals surface area contributed by atoms with Crippen LogP contribution in [0.15, 0.2) is 200 Å².